The number of hydrogen-bond donors (Lipinski definition) is 1. The summed E-state index contributed by atoms with van der Waals surface area (Å²) >= 11 is 0. The molecule has 0 aromatic carbocycles. The molecular weight excluding hydrogens is 226 g/mol. The summed E-state index contributed by atoms with van der Waals surface area (Å²) in [7, 11) is 1.98. The summed E-state index contributed by atoms with van der Waals surface area (Å²) in [6, 6.07) is 2.13. The van der Waals surface area contributed by atoms with Gasteiger partial charge in [-0.25, -0.2) is 0 Å². The van der Waals surface area contributed by atoms with Gasteiger partial charge in [-0.1, -0.05) is 13.3 Å². The third kappa shape index (κ3) is 3.12. The van der Waals surface area contributed by atoms with Crippen molar-refractivity contribution in [3.63, 3.8) is 0 Å². The van der Waals surface area contributed by atoms with Crippen LogP contribution in [-0.2, 0) is 24.8 Å². The first kappa shape index (κ1) is 13.6. The topological polar surface area (TPSA) is 53.1 Å². The van der Waals surface area contributed by atoms with Gasteiger partial charge in [0.25, 0.3) is 0 Å². The first-order valence-corrected chi connectivity index (χ1v) is 7.04. The Morgan fingerprint density at radius 1 is 1.44 bits per heavy atom. The van der Waals surface area contributed by atoms with Gasteiger partial charge in [0.15, 0.2) is 0 Å². The number of ether oxygens (including phenoxy) is 1. The molecule has 18 heavy (non-hydrogen) atoms. The Kier molecular flexibility index (Phi) is 4.78. The Hall–Kier alpha value is -0.870. The van der Waals surface area contributed by atoms with E-state index in [0.29, 0.717) is 18.4 Å². The lowest BCUT2D eigenvalue weighted by atomic mass is 9.97. The van der Waals surface area contributed by atoms with Crippen LogP contribution in [0.15, 0.2) is 6.07 Å². The molecule has 0 saturated heterocycles. The SMILES string of the molecule is CCc1cc(COCC2CCCC2CN)n(C)n1. The van der Waals surface area contributed by atoms with Crippen LogP contribution in [0.2, 0.25) is 0 Å². The third-order valence-electron chi connectivity index (χ3n) is 4.09. The van der Waals surface area contributed by atoms with Crippen LogP contribution in [0.4, 0.5) is 0 Å². The van der Waals surface area contributed by atoms with E-state index in [9.17, 15) is 0 Å². The van der Waals surface area contributed by atoms with Crippen molar-refractivity contribution < 1.29 is 4.74 Å². The Morgan fingerprint density at radius 2 is 2.22 bits per heavy atom. The highest BCUT2D eigenvalue weighted by molar-refractivity contribution is 5.09. The maximum atomic E-state index is 5.86. The summed E-state index contributed by atoms with van der Waals surface area (Å²) in [6.07, 6.45) is 4.83. The molecule has 2 unspecified atom stereocenters. The van der Waals surface area contributed by atoms with Crippen LogP contribution in [0.3, 0.4) is 0 Å². The zero-order valence-corrected chi connectivity index (χ0v) is 11.6. The molecule has 1 aromatic heterocycles. The third-order valence-corrected chi connectivity index (χ3v) is 4.09. The minimum Gasteiger partial charge on any atom is -0.375 e. The fourth-order valence-corrected chi connectivity index (χ4v) is 2.84. The molecule has 2 atom stereocenters. The van der Waals surface area contributed by atoms with Gasteiger partial charge in [-0.15, -0.1) is 0 Å². The molecule has 4 heteroatoms. The van der Waals surface area contributed by atoms with Crippen LogP contribution in [0, 0.1) is 11.8 Å². The molecule has 0 amide bonds. The van der Waals surface area contributed by atoms with Crippen molar-refractivity contribution in [3.05, 3.63) is 17.5 Å². The van der Waals surface area contributed by atoms with Gasteiger partial charge in [0.05, 0.1) is 24.6 Å². The van der Waals surface area contributed by atoms with Crippen molar-refractivity contribution in [1.29, 1.82) is 0 Å². The minimum atomic E-state index is 0.661. The van der Waals surface area contributed by atoms with Crippen LogP contribution in [0.25, 0.3) is 0 Å². The Bertz CT molecular complexity index is 375. The standard InChI is InChI=1S/C14H25N3O/c1-3-13-7-14(17(2)16-13)10-18-9-12-6-4-5-11(12)8-15/h7,11-12H,3-6,8-10,15H2,1-2H3. The van der Waals surface area contributed by atoms with Gasteiger partial charge in [0.1, 0.15) is 0 Å². The Balaban J connectivity index is 1.79. The predicted octanol–water partition coefficient (Wildman–Crippen LogP) is 1.87. The van der Waals surface area contributed by atoms with Crippen molar-refractivity contribution in [2.75, 3.05) is 13.2 Å². The molecule has 4 nitrogen and oxygen atoms in total. The molecule has 2 N–H and O–H groups in total. The van der Waals surface area contributed by atoms with Crippen LogP contribution in [0.1, 0.15) is 37.6 Å². The number of nitrogens with zero attached hydrogens (tertiary/aromatic N) is 2. The fraction of sp³-hybridized carbons (Fsp3) is 0.786. The van der Waals surface area contributed by atoms with Crippen LogP contribution in [0.5, 0.6) is 0 Å². The van der Waals surface area contributed by atoms with Gasteiger partial charge in [0, 0.05) is 7.05 Å². The summed E-state index contributed by atoms with van der Waals surface area (Å²) in [5.74, 6) is 1.33. The van der Waals surface area contributed by atoms with Crippen molar-refractivity contribution in [3.8, 4) is 0 Å². The molecular formula is C14H25N3O. The average molecular weight is 251 g/mol. The molecule has 1 saturated carbocycles. The highest BCUT2D eigenvalue weighted by atomic mass is 16.5. The largest absolute Gasteiger partial charge is 0.375 e. The lowest BCUT2D eigenvalue weighted by Crippen LogP contribution is -2.22. The van der Waals surface area contributed by atoms with Crippen LogP contribution < -0.4 is 5.73 Å². The molecule has 0 spiro atoms. The van der Waals surface area contributed by atoms with Gasteiger partial charge < -0.3 is 10.5 Å². The van der Waals surface area contributed by atoms with Gasteiger partial charge in [0.2, 0.25) is 0 Å². The van der Waals surface area contributed by atoms with E-state index in [-0.39, 0.29) is 0 Å². The van der Waals surface area contributed by atoms with Crippen LogP contribution >= 0.6 is 0 Å². The predicted molar refractivity (Wildman–Crippen MR) is 72.1 cm³/mol. The number of hydrogen-bond acceptors (Lipinski definition) is 3. The normalized spacial score (nSPS) is 23.7. The van der Waals surface area contributed by atoms with E-state index in [0.717, 1.165) is 31.0 Å². The van der Waals surface area contributed by atoms with E-state index < -0.39 is 0 Å². The highest BCUT2D eigenvalue weighted by Gasteiger charge is 2.26. The number of nitrogens with two attached hydrogens (primary N) is 1. The molecule has 0 bridgehead atoms. The lowest BCUT2D eigenvalue weighted by Gasteiger charge is -2.17. The van der Waals surface area contributed by atoms with Gasteiger partial charge in [-0.2, -0.15) is 5.10 Å². The molecule has 0 aliphatic heterocycles. The van der Waals surface area contributed by atoms with Gasteiger partial charge in [-0.3, -0.25) is 4.68 Å². The summed E-state index contributed by atoms with van der Waals surface area (Å²) in [5, 5.41) is 4.43. The number of aryl methyl sites for hydroxylation is 2. The maximum absolute atomic E-state index is 5.86. The number of rotatable bonds is 6. The summed E-state index contributed by atoms with van der Waals surface area (Å²) in [5.41, 5.74) is 8.08. The summed E-state index contributed by atoms with van der Waals surface area (Å²) < 4.78 is 7.78. The Morgan fingerprint density at radius 3 is 2.89 bits per heavy atom. The van der Waals surface area contributed by atoms with E-state index in [1.54, 1.807) is 0 Å². The van der Waals surface area contributed by atoms with Crippen LogP contribution in [-0.4, -0.2) is 22.9 Å². The van der Waals surface area contributed by atoms with E-state index in [1.807, 2.05) is 11.7 Å². The second kappa shape index (κ2) is 6.34. The van der Waals surface area contributed by atoms with E-state index in [1.165, 1.54) is 19.3 Å². The van der Waals surface area contributed by atoms with Crippen molar-refractivity contribution in [1.82, 2.24) is 9.78 Å². The molecule has 1 aliphatic rings. The first-order valence-electron chi connectivity index (χ1n) is 7.04. The monoisotopic (exact) mass is 251 g/mol. The first-order chi connectivity index (χ1) is 8.74. The van der Waals surface area contributed by atoms with E-state index in [2.05, 4.69) is 18.1 Å². The van der Waals surface area contributed by atoms with E-state index in [4.69, 9.17) is 10.5 Å². The Labute approximate surface area is 110 Å². The number of aromatic nitrogens is 2. The van der Waals surface area contributed by atoms with Crippen molar-refractivity contribution in [2.45, 2.75) is 39.2 Å². The summed E-state index contributed by atoms with van der Waals surface area (Å²) in [6.45, 7) is 4.43. The smallest absolute Gasteiger partial charge is 0.0884 e. The lowest BCUT2D eigenvalue weighted by molar-refractivity contribution is 0.0716. The quantitative estimate of drug-likeness (QED) is 0.840. The van der Waals surface area contributed by atoms with Gasteiger partial charge >= 0.3 is 0 Å². The molecule has 1 heterocycles. The fourth-order valence-electron chi connectivity index (χ4n) is 2.84. The van der Waals surface area contributed by atoms with E-state index >= 15 is 0 Å². The molecule has 1 aromatic rings. The second-order valence-electron chi connectivity index (χ2n) is 5.31. The second-order valence-corrected chi connectivity index (χ2v) is 5.31. The average Bonchev–Trinajstić information content (AvgIpc) is 2.96. The molecule has 0 radical (unpaired) electrons. The van der Waals surface area contributed by atoms with Crippen molar-refractivity contribution >= 4 is 0 Å². The molecule has 102 valence electrons. The highest BCUT2D eigenvalue weighted by Crippen LogP contribution is 2.31. The maximum Gasteiger partial charge on any atom is 0.0884 e. The summed E-state index contributed by atoms with van der Waals surface area (Å²) in [4.78, 5) is 0. The minimum absolute atomic E-state index is 0.661. The molecule has 1 fully saturated rings. The van der Waals surface area contributed by atoms with Crippen molar-refractivity contribution in [2.24, 2.45) is 24.6 Å². The molecule has 2 rings (SSSR count). The zero-order chi connectivity index (χ0) is 13.0. The zero-order valence-electron chi connectivity index (χ0n) is 11.6. The van der Waals surface area contributed by atoms with Gasteiger partial charge in [-0.05, 0) is 43.7 Å². The molecule has 1 aliphatic carbocycles.